The summed E-state index contributed by atoms with van der Waals surface area (Å²) in [5, 5.41) is 8.63. The standard InChI is InChI=1S/C8H20N2O.C7H16N2O/c1-9(2)5-7-11-8-6-10(3)4;1-8-2-4-9(5-3-8)6-7-10/h5-8H2,1-4H3;10H,2-7H2,1H3. The van der Waals surface area contributed by atoms with Crippen LogP contribution in [0, 0.1) is 0 Å². The molecular formula is C15H36N4O2. The molecule has 128 valence electrons. The molecule has 0 atom stereocenters. The molecule has 0 aromatic heterocycles. The van der Waals surface area contributed by atoms with Crippen LogP contribution in [0.25, 0.3) is 0 Å². The van der Waals surface area contributed by atoms with Crippen molar-refractivity contribution in [2.45, 2.75) is 0 Å². The van der Waals surface area contributed by atoms with Crippen LogP contribution in [0.3, 0.4) is 0 Å². The van der Waals surface area contributed by atoms with Crippen LogP contribution < -0.4 is 0 Å². The number of ether oxygens (including phenoxy) is 1. The van der Waals surface area contributed by atoms with Gasteiger partial charge in [0.1, 0.15) is 0 Å². The lowest BCUT2D eigenvalue weighted by molar-refractivity contribution is 0.104. The summed E-state index contributed by atoms with van der Waals surface area (Å²) in [7, 11) is 10.3. The van der Waals surface area contributed by atoms with Crippen molar-refractivity contribution in [1.29, 1.82) is 0 Å². The molecule has 21 heavy (non-hydrogen) atoms. The number of piperazine rings is 1. The Morgan fingerprint density at radius 3 is 1.76 bits per heavy atom. The first-order valence-electron chi connectivity index (χ1n) is 7.84. The predicted octanol–water partition coefficient (Wildman–Crippen LogP) is -0.648. The Bertz CT molecular complexity index is 210. The average molecular weight is 304 g/mol. The molecule has 0 radical (unpaired) electrons. The monoisotopic (exact) mass is 304 g/mol. The second kappa shape index (κ2) is 13.4. The van der Waals surface area contributed by atoms with Gasteiger partial charge in [0.05, 0.1) is 19.8 Å². The van der Waals surface area contributed by atoms with E-state index < -0.39 is 0 Å². The fraction of sp³-hybridized carbons (Fsp3) is 1.00. The zero-order valence-corrected chi connectivity index (χ0v) is 14.7. The highest BCUT2D eigenvalue weighted by molar-refractivity contribution is 4.68. The molecule has 6 nitrogen and oxygen atoms in total. The number of rotatable bonds is 8. The second-order valence-corrected chi connectivity index (χ2v) is 6.09. The van der Waals surface area contributed by atoms with Crippen LogP contribution in [-0.2, 0) is 4.74 Å². The molecule has 1 heterocycles. The Hall–Kier alpha value is -0.240. The third kappa shape index (κ3) is 14.5. The normalized spacial score (nSPS) is 17.1. The molecule has 1 N–H and O–H groups in total. The number of likely N-dealkylation sites (N-methyl/N-ethyl adjacent to an activating group) is 3. The average Bonchev–Trinajstić information content (AvgIpc) is 2.41. The molecule has 0 aromatic rings. The van der Waals surface area contributed by atoms with Crippen molar-refractivity contribution >= 4 is 0 Å². The molecule has 0 amide bonds. The number of β-amino-alcohol motifs (C(OH)–C–C–N with tert-alkyl or cyclic N) is 1. The number of hydrogen-bond acceptors (Lipinski definition) is 6. The van der Waals surface area contributed by atoms with Crippen LogP contribution in [0.15, 0.2) is 0 Å². The van der Waals surface area contributed by atoms with Crippen LogP contribution in [-0.4, -0.2) is 126 Å². The first kappa shape index (κ1) is 20.8. The maximum atomic E-state index is 8.63. The molecular weight excluding hydrogens is 268 g/mol. The molecule has 1 rings (SSSR count). The summed E-state index contributed by atoms with van der Waals surface area (Å²) in [5.74, 6) is 0. The summed E-state index contributed by atoms with van der Waals surface area (Å²) >= 11 is 0. The van der Waals surface area contributed by atoms with E-state index in [1.165, 1.54) is 0 Å². The van der Waals surface area contributed by atoms with Crippen LogP contribution in [0.1, 0.15) is 0 Å². The maximum absolute atomic E-state index is 8.63. The lowest BCUT2D eigenvalue weighted by Gasteiger charge is -2.31. The van der Waals surface area contributed by atoms with E-state index in [-0.39, 0.29) is 0 Å². The summed E-state index contributed by atoms with van der Waals surface area (Å²) in [4.78, 5) is 8.85. The number of aliphatic hydroxyl groups excluding tert-OH is 1. The minimum Gasteiger partial charge on any atom is -0.395 e. The smallest absolute Gasteiger partial charge is 0.0593 e. The molecule has 0 aliphatic carbocycles. The molecule has 1 saturated heterocycles. The largest absolute Gasteiger partial charge is 0.395 e. The molecule has 0 spiro atoms. The van der Waals surface area contributed by atoms with Gasteiger partial charge in [-0.25, -0.2) is 0 Å². The molecule has 0 bridgehead atoms. The fourth-order valence-electron chi connectivity index (χ4n) is 1.81. The molecule has 0 unspecified atom stereocenters. The third-order valence-corrected chi connectivity index (χ3v) is 3.38. The Labute approximate surface area is 131 Å². The van der Waals surface area contributed by atoms with Gasteiger partial charge in [-0.3, -0.25) is 4.90 Å². The SMILES string of the molecule is CN(C)CCOCCN(C)C.CN1CCN(CCO)CC1. The molecule has 1 fully saturated rings. The van der Waals surface area contributed by atoms with E-state index in [1.54, 1.807) is 0 Å². The predicted molar refractivity (Wildman–Crippen MR) is 88.9 cm³/mol. The lowest BCUT2D eigenvalue weighted by atomic mass is 10.3. The van der Waals surface area contributed by atoms with Gasteiger partial charge in [0.2, 0.25) is 0 Å². The molecule has 0 saturated carbocycles. The van der Waals surface area contributed by atoms with Crippen LogP contribution in [0.5, 0.6) is 0 Å². The highest BCUT2D eigenvalue weighted by Crippen LogP contribution is 1.96. The summed E-state index contributed by atoms with van der Waals surface area (Å²) < 4.78 is 5.37. The Balaban J connectivity index is 0.000000382. The van der Waals surface area contributed by atoms with Gasteiger partial charge in [-0.15, -0.1) is 0 Å². The zero-order valence-electron chi connectivity index (χ0n) is 14.7. The molecule has 0 aromatic carbocycles. The summed E-state index contributed by atoms with van der Waals surface area (Å²) in [5.41, 5.74) is 0. The number of aliphatic hydroxyl groups is 1. The van der Waals surface area contributed by atoms with Gasteiger partial charge in [-0.2, -0.15) is 0 Å². The van der Waals surface area contributed by atoms with Gasteiger partial charge in [0.15, 0.2) is 0 Å². The van der Waals surface area contributed by atoms with Crippen LogP contribution in [0.2, 0.25) is 0 Å². The maximum Gasteiger partial charge on any atom is 0.0593 e. The second-order valence-electron chi connectivity index (χ2n) is 6.09. The van der Waals surface area contributed by atoms with E-state index in [0.29, 0.717) is 6.61 Å². The molecule has 1 aliphatic heterocycles. The zero-order chi connectivity index (χ0) is 16.1. The van der Waals surface area contributed by atoms with Gasteiger partial charge in [0.25, 0.3) is 0 Å². The first-order valence-corrected chi connectivity index (χ1v) is 7.84. The highest BCUT2D eigenvalue weighted by atomic mass is 16.5. The van der Waals surface area contributed by atoms with Gasteiger partial charge in [-0.05, 0) is 35.2 Å². The van der Waals surface area contributed by atoms with E-state index in [0.717, 1.165) is 59.0 Å². The minimum absolute atomic E-state index is 0.295. The van der Waals surface area contributed by atoms with E-state index in [2.05, 4.69) is 54.8 Å². The van der Waals surface area contributed by atoms with Gasteiger partial charge < -0.3 is 24.5 Å². The summed E-state index contributed by atoms with van der Waals surface area (Å²) in [6.45, 7) is 9.31. The first-order chi connectivity index (χ1) is 9.95. The lowest BCUT2D eigenvalue weighted by Crippen LogP contribution is -2.45. The number of nitrogens with zero attached hydrogens (tertiary/aromatic N) is 4. The number of hydrogen-bond donors (Lipinski definition) is 1. The topological polar surface area (TPSA) is 42.4 Å². The van der Waals surface area contributed by atoms with Crippen LogP contribution >= 0.6 is 0 Å². The van der Waals surface area contributed by atoms with E-state index >= 15 is 0 Å². The Kier molecular flexibility index (Phi) is 13.3. The van der Waals surface area contributed by atoms with Gasteiger partial charge >= 0.3 is 0 Å². The van der Waals surface area contributed by atoms with E-state index in [9.17, 15) is 0 Å². The van der Waals surface area contributed by atoms with Crippen molar-refractivity contribution < 1.29 is 9.84 Å². The van der Waals surface area contributed by atoms with E-state index in [1.807, 2.05) is 0 Å². The minimum atomic E-state index is 0.295. The van der Waals surface area contributed by atoms with Crippen molar-refractivity contribution in [1.82, 2.24) is 19.6 Å². The fourth-order valence-corrected chi connectivity index (χ4v) is 1.81. The van der Waals surface area contributed by atoms with Gasteiger partial charge in [0, 0.05) is 45.8 Å². The quantitative estimate of drug-likeness (QED) is 0.601. The van der Waals surface area contributed by atoms with Crippen molar-refractivity contribution in [3.63, 3.8) is 0 Å². The van der Waals surface area contributed by atoms with Crippen LogP contribution in [0.4, 0.5) is 0 Å². The molecule has 1 aliphatic rings. The Morgan fingerprint density at radius 2 is 1.38 bits per heavy atom. The Morgan fingerprint density at radius 1 is 0.905 bits per heavy atom. The van der Waals surface area contributed by atoms with Crippen molar-refractivity contribution in [2.75, 3.05) is 101 Å². The highest BCUT2D eigenvalue weighted by Gasteiger charge is 2.11. The van der Waals surface area contributed by atoms with Gasteiger partial charge in [-0.1, -0.05) is 0 Å². The van der Waals surface area contributed by atoms with Crippen molar-refractivity contribution in [2.24, 2.45) is 0 Å². The summed E-state index contributed by atoms with van der Waals surface area (Å²) in [6.07, 6.45) is 0. The van der Waals surface area contributed by atoms with Crippen molar-refractivity contribution in [3.05, 3.63) is 0 Å². The van der Waals surface area contributed by atoms with Crippen molar-refractivity contribution in [3.8, 4) is 0 Å². The molecule has 6 heteroatoms. The van der Waals surface area contributed by atoms with E-state index in [4.69, 9.17) is 9.84 Å². The third-order valence-electron chi connectivity index (χ3n) is 3.38. The summed E-state index contributed by atoms with van der Waals surface area (Å²) in [6, 6.07) is 0.